The quantitative estimate of drug-likeness (QED) is 0.0795. The molecule has 12 heteroatoms. The third kappa shape index (κ3) is 8.03. The highest BCUT2D eigenvalue weighted by Crippen LogP contribution is 2.44. The van der Waals surface area contributed by atoms with Gasteiger partial charge in [-0.2, -0.15) is 0 Å². The summed E-state index contributed by atoms with van der Waals surface area (Å²) in [7, 11) is 0. The summed E-state index contributed by atoms with van der Waals surface area (Å²) in [6.07, 6.45) is -7.22. The highest BCUT2D eigenvalue weighted by molar-refractivity contribution is 6.76. The number of hydrogen-bond acceptors (Lipinski definition) is 9. The minimum absolute atomic E-state index is 0.0204. The molecule has 5 atom stereocenters. The number of carbonyl (C=O) groups is 2. The van der Waals surface area contributed by atoms with Crippen molar-refractivity contribution >= 4 is 52.8 Å². The van der Waals surface area contributed by atoms with E-state index in [1.165, 1.54) is 0 Å². The lowest BCUT2D eigenvalue weighted by Gasteiger charge is -2.43. The van der Waals surface area contributed by atoms with E-state index in [9.17, 15) is 9.59 Å². The number of esters is 1. The second kappa shape index (κ2) is 15.2. The maximum Gasteiger partial charge on any atom is 0.508 e. The van der Waals surface area contributed by atoms with E-state index in [0.717, 1.165) is 27.8 Å². The molecule has 4 aromatic carbocycles. The molecule has 1 fully saturated rings. The number of carbonyl (C=O) groups excluding carboxylic acids is 2. The largest absolute Gasteiger partial charge is 0.508 e. The van der Waals surface area contributed by atoms with Crippen molar-refractivity contribution in [1.82, 2.24) is 0 Å². The lowest BCUT2D eigenvalue weighted by atomic mass is 9.98. The molecule has 0 aromatic heterocycles. The molecule has 0 bridgehead atoms. The van der Waals surface area contributed by atoms with Crippen LogP contribution in [-0.2, 0) is 35.0 Å². The molecule has 254 valence electrons. The predicted molar refractivity (Wildman–Crippen MR) is 184 cm³/mol. The monoisotopic (exact) mass is 723 g/mol. The topological polar surface area (TPSA) is 113 Å². The molecule has 1 aliphatic heterocycles. The molecule has 4 aromatic rings. The van der Waals surface area contributed by atoms with Gasteiger partial charge in [-0.1, -0.05) is 132 Å². The van der Waals surface area contributed by atoms with E-state index >= 15 is 0 Å². The van der Waals surface area contributed by atoms with Crippen LogP contribution in [0.5, 0.6) is 0 Å². The first-order valence-corrected chi connectivity index (χ1v) is 16.6. The summed E-state index contributed by atoms with van der Waals surface area (Å²) < 4.78 is 33.3. The van der Waals surface area contributed by atoms with Crippen LogP contribution in [0, 0.1) is 5.41 Å². The summed E-state index contributed by atoms with van der Waals surface area (Å²) in [5.41, 5.74) is 5.22. The molecule has 9 nitrogen and oxygen atoms in total. The van der Waals surface area contributed by atoms with Gasteiger partial charge in [-0.05, 0) is 46.9 Å². The molecule has 0 amide bonds. The van der Waals surface area contributed by atoms with Gasteiger partial charge in [0.25, 0.3) is 3.79 Å². The van der Waals surface area contributed by atoms with E-state index < -0.39 is 52.5 Å². The molecule has 49 heavy (non-hydrogen) atoms. The molecule has 0 spiro atoms. The first kappa shape index (κ1) is 34.7. The Kier molecular flexibility index (Phi) is 10.8. The summed E-state index contributed by atoms with van der Waals surface area (Å²) in [4.78, 5) is 27.0. The summed E-state index contributed by atoms with van der Waals surface area (Å²) in [6.45, 7) is 1.75. The molecule has 1 heterocycles. The average Bonchev–Trinajstić information content (AvgIpc) is 3.42. The maximum atomic E-state index is 13.6. The van der Waals surface area contributed by atoms with Gasteiger partial charge in [-0.15, -0.1) is 0 Å². The van der Waals surface area contributed by atoms with Crippen LogP contribution in [0.1, 0.15) is 39.9 Å². The number of fused-ring (bicyclic) bond motifs is 3. The molecule has 1 saturated heterocycles. The molecule has 6 rings (SSSR count). The molecule has 1 N–H and O–H groups in total. The van der Waals surface area contributed by atoms with Crippen molar-refractivity contribution in [2.75, 3.05) is 6.61 Å². The van der Waals surface area contributed by atoms with Crippen molar-refractivity contribution in [1.29, 1.82) is 5.41 Å². The molecule has 0 unspecified atom stereocenters. The molecular weight excluding hydrogens is 693 g/mol. The summed E-state index contributed by atoms with van der Waals surface area (Å²) >= 11 is 17.8. The normalized spacial score (nSPS) is 21.6. The predicted octanol–water partition coefficient (Wildman–Crippen LogP) is 8.24. The van der Waals surface area contributed by atoms with Crippen molar-refractivity contribution in [2.24, 2.45) is 0 Å². The number of ether oxygens (including phenoxy) is 6. The van der Waals surface area contributed by atoms with Crippen LogP contribution >= 0.6 is 34.8 Å². The van der Waals surface area contributed by atoms with Crippen LogP contribution in [-0.4, -0.2) is 59.1 Å². The molecule has 1 aliphatic carbocycles. The van der Waals surface area contributed by atoms with Gasteiger partial charge >= 0.3 is 12.1 Å². The van der Waals surface area contributed by atoms with Gasteiger partial charge in [0.05, 0.1) is 18.3 Å². The fourth-order valence-electron chi connectivity index (χ4n) is 6.01. The van der Waals surface area contributed by atoms with Gasteiger partial charge in [-0.3, -0.25) is 5.41 Å². The zero-order valence-corrected chi connectivity index (χ0v) is 28.4. The molecule has 0 radical (unpaired) electrons. The Hall–Kier alpha value is -4.12. The van der Waals surface area contributed by atoms with E-state index in [4.69, 9.17) is 68.6 Å². The Morgan fingerprint density at radius 1 is 0.735 bits per heavy atom. The fourth-order valence-corrected chi connectivity index (χ4v) is 6.14. The smallest absolute Gasteiger partial charge is 0.448 e. The van der Waals surface area contributed by atoms with Gasteiger partial charge in [0.15, 0.2) is 6.10 Å². The van der Waals surface area contributed by atoms with E-state index in [1.807, 2.05) is 78.9 Å². The first-order chi connectivity index (χ1) is 23.6. The van der Waals surface area contributed by atoms with E-state index in [0.29, 0.717) is 0 Å². The van der Waals surface area contributed by atoms with Crippen molar-refractivity contribution in [3.63, 3.8) is 0 Å². The van der Waals surface area contributed by atoms with Crippen molar-refractivity contribution in [2.45, 2.75) is 53.9 Å². The molecule has 0 saturated carbocycles. The Morgan fingerprint density at radius 2 is 1.31 bits per heavy atom. The van der Waals surface area contributed by atoms with Gasteiger partial charge < -0.3 is 28.4 Å². The maximum absolute atomic E-state index is 13.6. The van der Waals surface area contributed by atoms with Crippen molar-refractivity contribution < 1.29 is 38.0 Å². The molecular formula is C37H32Cl3NO8. The number of alkyl halides is 3. The van der Waals surface area contributed by atoms with Gasteiger partial charge in [0, 0.05) is 5.92 Å². The fraction of sp³-hybridized carbons (Fsp3) is 0.270. The minimum atomic E-state index is -2.26. The first-order valence-electron chi connectivity index (χ1n) is 15.5. The van der Waals surface area contributed by atoms with Gasteiger partial charge in [0.1, 0.15) is 12.7 Å². The van der Waals surface area contributed by atoms with E-state index in [-0.39, 0.29) is 24.7 Å². The zero-order chi connectivity index (χ0) is 34.5. The SMILES string of the molecule is C[C@@H]1O[C@@H](OC(=N)C(Cl)(Cl)Cl)[C@H](OC(=O)c2ccccc2)[C@H](OC(=O)OCC2c3ccccc3-c3ccccc32)[C@H]1OCc1ccccc1. The van der Waals surface area contributed by atoms with Gasteiger partial charge in [-0.25, -0.2) is 9.59 Å². The van der Waals surface area contributed by atoms with E-state index in [2.05, 4.69) is 0 Å². The van der Waals surface area contributed by atoms with Crippen molar-refractivity contribution in [3.8, 4) is 11.1 Å². The Bertz CT molecular complexity index is 1740. The summed E-state index contributed by atoms with van der Waals surface area (Å²) in [6, 6.07) is 33.4. The molecule has 2 aliphatic rings. The standard InChI is InChI=1S/C37H32Cl3NO8/c1-22-30(44-20-23-12-4-2-5-13-23)31(32(34(46-22)49-35(41)37(38,39)40)47-33(42)24-14-6-3-7-15-24)48-36(43)45-21-29-27-18-10-8-16-25(27)26-17-9-11-19-28(26)29/h2-19,22,29-32,34,41H,20-21H2,1H3/t22-,30-,31+,32+,34-/m0/s1. The van der Waals surface area contributed by atoms with Crippen LogP contribution < -0.4 is 0 Å². The Morgan fingerprint density at radius 3 is 1.92 bits per heavy atom. The summed E-state index contributed by atoms with van der Waals surface area (Å²) in [5, 5.41) is 8.21. The van der Waals surface area contributed by atoms with Crippen LogP contribution in [0.2, 0.25) is 0 Å². The third-order valence-corrected chi connectivity index (χ3v) is 8.83. The van der Waals surface area contributed by atoms with Crippen molar-refractivity contribution in [3.05, 3.63) is 131 Å². The number of rotatable bonds is 9. The number of nitrogens with one attached hydrogen (secondary N) is 1. The Balaban J connectivity index is 1.28. The number of halogens is 3. The van der Waals surface area contributed by atoms with Crippen LogP contribution in [0.15, 0.2) is 109 Å². The van der Waals surface area contributed by atoms with Crippen LogP contribution in [0.3, 0.4) is 0 Å². The highest BCUT2D eigenvalue weighted by Gasteiger charge is 2.52. The lowest BCUT2D eigenvalue weighted by Crippen LogP contribution is -2.61. The second-order valence-corrected chi connectivity index (χ2v) is 13.8. The number of benzene rings is 4. The van der Waals surface area contributed by atoms with E-state index in [1.54, 1.807) is 37.3 Å². The van der Waals surface area contributed by atoms with Crippen LogP contribution in [0.25, 0.3) is 11.1 Å². The second-order valence-electron chi connectivity index (χ2n) is 11.5. The highest BCUT2D eigenvalue weighted by atomic mass is 35.6. The van der Waals surface area contributed by atoms with Gasteiger partial charge in [0.2, 0.25) is 18.3 Å². The lowest BCUT2D eigenvalue weighted by molar-refractivity contribution is -0.283. The Labute approximate surface area is 298 Å². The summed E-state index contributed by atoms with van der Waals surface area (Å²) in [5.74, 6) is -1.80. The minimum Gasteiger partial charge on any atom is -0.448 e. The third-order valence-electron chi connectivity index (χ3n) is 8.32. The van der Waals surface area contributed by atoms with Crippen LogP contribution in [0.4, 0.5) is 4.79 Å². The zero-order valence-electron chi connectivity index (χ0n) is 26.2. The number of hydrogen-bond donors (Lipinski definition) is 1. The average molecular weight is 725 g/mol.